The lowest BCUT2D eigenvalue weighted by atomic mass is 9.97. The van der Waals surface area contributed by atoms with Crippen LogP contribution in [0.25, 0.3) is 0 Å². The second kappa shape index (κ2) is 7.20. The molecule has 1 aromatic heterocycles. The van der Waals surface area contributed by atoms with Gasteiger partial charge >= 0.3 is 6.18 Å². The van der Waals surface area contributed by atoms with Crippen LogP contribution >= 0.6 is 0 Å². The molecule has 5 nitrogen and oxygen atoms in total. The van der Waals surface area contributed by atoms with Crippen molar-refractivity contribution in [2.75, 3.05) is 24.5 Å². The van der Waals surface area contributed by atoms with Crippen LogP contribution in [-0.4, -0.2) is 57.3 Å². The molecule has 0 atom stereocenters. The predicted molar refractivity (Wildman–Crippen MR) is 95.4 cm³/mol. The van der Waals surface area contributed by atoms with E-state index in [0.29, 0.717) is 5.82 Å². The molecule has 4 rings (SSSR count). The van der Waals surface area contributed by atoms with Crippen molar-refractivity contribution in [1.29, 1.82) is 0 Å². The maximum absolute atomic E-state index is 13.0. The summed E-state index contributed by atoms with van der Waals surface area (Å²) < 4.78 is 39.1. The molecular formula is C19H27F3N4O. The third kappa shape index (κ3) is 4.37. The average Bonchev–Trinajstić information content (AvgIpc) is 3.37. The molecule has 8 heteroatoms. The monoisotopic (exact) mass is 384 g/mol. The summed E-state index contributed by atoms with van der Waals surface area (Å²) in [6.45, 7) is 2.45. The number of hydrogen-bond donors (Lipinski definition) is 1. The smallest absolute Gasteiger partial charge is 0.389 e. The van der Waals surface area contributed by atoms with Gasteiger partial charge in [0.05, 0.1) is 5.60 Å². The fraction of sp³-hybridized carbons (Fsp3) is 0.789. The summed E-state index contributed by atoms with van der Waals surface area (Å²) in [6.07, 6.45) is 4.30. The highest BCUT2D eigenvalue weighted by Crippen LogP contribution is 2.38. The molecule has 1 N–H and O–H groups in total. The Morgan fingerprint density at radius 1 is 1.07 bits per heavy atom. The number of aliphatic hydroxyl groups is 1. The molecule has 3 aliphatic rings. The number of β-amino-alcohol motifs (C(OH)–C–C–N with tert-alkyl or cyclic N) is 1. The Morgan fingerprint density at radius 2 is 1.70 bits per heavy atom. The van der Waals surface area contributed by atoms with E-state index in [4.69, 9.17) is 0 Å². The van der Waals surface area contributed by atoms with Crippen molar-refractivity contribution in [3.63, 3.8) is 0 Å². The van der Waals surface area contributed by atoms with Crippen molar-refractivity contribution in [2.45, 2.75) is 75.2 Å². The Balaban J connectivity index is 1.42. The summed E-state index contributed by atoms with van der Waals surface area (Å²) in [4.78, 5) is 12.0. The number of anilines is 1. The molecule has 0 aromatic carbocycles. The molecule has 1 aromatic rings. The first-order valence-corrected chi connectivity index (χ1v) is 9.96. The SMILES string of the molecule is OC1(CN2CCC(N(c3cc(C(F)(F)F)ncn3)C3CC3)CC2)CCCC1. The molecule has 0 amide bonds. The number of likely N-dealkylation sites (tertiary alicyclic amines) is 1. The first-order chi connectivity index (χ1) is 12.8. The molecule has 2 heterocycles. The van der Waals surface area contributed by atoms with Crippen LogP contribution in [0.3, 0.4) is 0 Å². The number of hydrogen-bond acceptors (Lipinski definition) is 5. The van der Waals surface area contributed by atoms with Gasteiger partial charge in [-0.15, -0.1) is 0 Å². The van der Waals surface area contributed by atoms with Gasteiger partial charge in [0.25, 0.3) is 0 Å². The van der Waals surface area contributed by atoms with Gasteiger partial charge in [-0.1, -0.05) is 12.8 Å². The highest BCUT2D eigenvalue weighted by Gasteiger charge is 2.40. The number of halogens is 3. The summed E-state index contributed by atoms with van der Waals surface area (Å²) in [5.74, 6) is 0.396. The molecule has 1 saturated heterocycles. The molecule has 27 heavy (non-hydrogen) atoms. The highest BCUT2D eigenvalue weighted by atomic mass is 19.4. The molecule has 2 aliphatic carbocycles. The van der Waals surface area contributed by atoms with Crippen LogP contribution in [0.4, 0.5) is 19.0 Å². The van der Waals surface area contributed by atoms with E-state index >= 15 is 0 Å². The van der Waals surface area contributed by atoms with Crippen LogP contribution in [0, 0.1) is 0 Å². The van der Waals surface area contributed by atoms with E-state index in [0.717, 1.165) is 83.4 Å². The van der Waals surface area contributed by atoms with Gasteiger partial charge < -0.3 is 14.9 Å². The van der Waals surface area contributed by atoms with Gasteiger partial charge in [0.1, 0.15) is 17.8 Å². The zero-order chi connectivity index (χ0) is 19.1. The molecular weight excluding hydrogens is 357 g/mol. The topological polar surface area (TPSA) is 52.5 Å². The Kier molecular flexibility index (Phi) is 5.05. The van der Waals surface area contributed by atoms with Crippen molar-refractivity contribution in [1.82, 2.24) is 14.9 Å². The van der Waals surface area contributed by atoms with Gasteiger partial charge in [-0.05, 0) is 38.5 Å². The summed E-state index contributed by atoms with van der Waals surface area (Å²) in [7, 11) is 0. The highest BCUT2D eigenvalue weighted by molar-refractivity contribution is 5.44. The van der Waals surface area contributed by atoms with Gasteiger partial charge in [0.15, 0.2) is 0 Å². The number of piperidine rings is 1. The number of rotatable bonds is 5. The van der Waals surface area contributed by atoms with Crippen molar-refractivity contribution >= 4 is 5.82 Å². The summed E-state index contributed by atoms with van der Waals surface area (Å²) >= 11 is 0. The van der Waals surface area contributed by atoms with E-state index in [1.165, 1.54) is 0 Å². The molecule has 0 bridgehead atoms. The van der Waals surface area contributed by atoms with E-state index in [-0.39, 0.29) is 12.1 Å². The first-order valence-electron chi connectivity index (χ1n) is 9.96. The normalized spacial score (nSPS) is 24.3. The fourth-order valence-corrected chi connectivity index (χ4v) is 4.63. The van der Waals surface area contributed by atoms with Crippen molar-refractivity contribution in [3.8, 4) is 0 Å². The molecule has 3 fully saturated rings. The van der Waals surface area contributed by atoms with Gasteiger partial charge in [-0.2, -0.15) is 13.2 Å². The van der Waals surface area contributed by atoms with E-state index in [9.17, 15) is 18.3 Å². The Morgan fingerprint density at radius 3 is 2.30 bits per heavy atom. The lowest BCUT2D eigenvalue weighted by molar-refractivity contribution is -0.141. The zero-order valence-electron chi connectivity index (χ0n) is 15.5. The van der Waals surface area contributed by atoms with Gasteiger partial charge in [0, 0.05) is 37.8 Å². The minimum Gasteiger partial charge on any atom is -0.389 e. The largest absolute Gasteiger partial charge is 0.433 e. The lowest BCUT2D eigenvalue weighted by Crippen LogP contribution is -2.50. The van der Waals surface area contributed by atoms with Crippen LogP contribution in [0.2, 0.25) is 0 Å². The van der Waals surface area contributed by atoms with Crippen molar-refractivity contribution in [3.05, 3.63) is 18.1 Å². The maximum Gasteiger partial charge on any atom is 0.433 e. The maximum atomic E-state index is 13.0. The third-order valence-corrected chi connectivity index (χ3v) is 6.15. The third-order valence-electron chi connectivity index (χ3n) is 6.15. The van der Waals surface area contributed by atoms with Gasteiger partial charge in [0.2, 0.25) is 0 Å². The molecule has 0 unspecified atom stereocenters. The minimum absolute atomic E-state index is 0.197. The van der Waals surface area contributed by atoms with Gasteiger partial charge in [-0.3, -0.25) is 0 Å². The van der Waals surface area contributed by atoms with Crippen LogP contribution in [-0.2, 0) is 6.18 Å². The van der Waals surface area contributed by atoms with E-state index in [1.807, 2.05) is 0 Å². The van der Waals surface area contributed by atoms with Crippen LogP contribution < -0.4 is 4.90 Å². The second-order valence-electron chi connectivity index (χ2n) is 8.34. The molecule has 1 aliphatic heterocycles. The minimum atomic E-state index is -4.45. The first kappa shape index (κ1) is 18.9. The number of nitrogens with zero attached hydrogens (tertiary/aromatic N) is 4. The van der Waals surface area contributed by atoms with Crippen LogP contribution in [0.1, 0.15) is 57.1 Å². The van der Waals surface area contributed by atoms with E-state index < -0.39 is 17.5 Å². The molecule has 0 spiro atoms. The van der Waals surface area contributed by atoms with Crippen molar-refractivity contribution < 1.29 is 18.3 Å². The fourth-order valence-electron chi connectivity index (χ4n) is 4.63. The predicted octanol–water partition coefficient (Wildman–Crippen LogP) is 3.23. The zero-order valence-corrected chi connectivity index (χ0v) is 15.5. The standard InChI is InChI=1S/C19H27F3N4O/c20-19(21,22)16-11-17(24-13-23-16)26(14-3-4-14)15-5-9-25(10-6-15)12-18(27)7-1-2-8-18/h11,13-15,27H,1-10,12H2. The van der Waals surface area contributed by atoms with Gasteiger partial charge in [-0.25, -0.2) is 9.97 Å². The Hall–Kier alpha value is -1.41. The van der Waals surface area contributed by atoms with E-state index in [2.05, 4.69) is 19.8 Å². The lowest BCUT2D eigenvalue weighted by Gasteiger charge is -2.41. The number of alkyl halides is 3. The van der Waals surface area contributed by atoms with Crippen molar-refractivity contribution in [2.24, 2.45) is 0 Å². The number of aromatic nitrogens is 2. The summed E-state index contributed by atoms with van der Waals surface area (Å²) in [6, 6.07) is 1.57. The average molecular weight is 384 g/mol. The van der Waals surface area contributed by atoms with E-state index in [1.54, 1.807) is 0 Å². The second-order valence-corrected chi connectivity index (χ2v) is 8.34. The quantitative estimate of drug-likeness (QED) is 0.845. The molecule has 150 valence electrons. The summed E-state index contributed by atoms with van der Waals surface area (Å²) in [5.41, 5.74) is -1.42. The molecule has 2 saturated carbocycles. The Labute approximate surface area is 157 Å². The van der Waals surface area contributed by atoms with Crippen LogP contribution in [0.5, 0.6) is 0 Å². The molecule has 0 radical (unpaired) electrons. The van der Waals surface area contributed by atoms with Crippen LogP contribution in [0.15, 0.2) is 12.4 Å². The Bertz CT molecular complexity index is 651. The summed E-state index contributed by atoms with van der Waals surface area (Å²) in [5, 5.41) is 10.6.